The fraction of sp³-hybridized carbons (Fsp3) is 0.643. The maximum atomic E-state index is 4.77. The Morgan fingerprint density at radius 3 is 3.00 bits per heavy atom. The number of thioether (sulfide) groups is 1. The van der Waals surface area contributed by atoms with E-state index >= 15 is 0 Å². The lowest BCUT2D eigenvalue weighted by Crippen LogP contribution is -2.40. The number of aliphatic imine (C=N–C) groups is 1. The summed E-state index contributed by atoms with van der Waals surface area (Å²) in [5, 5.41) is 7.04. The number of amidine groups is 1. The summed E-state index contributed by atoms with van der Waals surface area (Å²) in [4.78, 5) is 6.20. The van der Waals surface area contributed by atoms with Gasteiger partial charge in [-0.25, -0.2) is 0 Å². The van der Waals surface area contributed by atoms with E-state index in [0.717, 1.165) is 13.0 Å². The smallest absolute Gasteiger partial charge is 0.157 e. The monoisotopic (exact) mass is 280 g/mol. The molecule has 0 unspecified atom stereocenters. The second-order valence-electron chi connectivity index (χ2n) is 5.25. The Balaban J connectivity index is 1.64. The van der Waals surface area contributed by atoms with E-state index in [0.29, 0.717) is 5.54 Å². The van der Waals surface area contributed by atoms with Crippen LogP contribution in [0.5, 0.6) is 0 Å². The van der Waals surface area contributed by atoms with Gasteiger partial charge in [0.2, 0.25) is 0 Å². The predicted octanol–water partition coefficient (Wildman–Crippen LogP) is 3.82. The molecule has 1 aliphatic heterocycles. The molecule has 3 rings (SSSR count). The van der Waals surface area contributed by atoms with Crippen molar-refractivity contribution in [3.8, 4) is 0 Å². The fourth-order valence-electron chi connectivity index (χ4n) is 2.88. The van der Waals surface area contributed by atoms with Gasteiger partial charge in [0.1, 0.15) is 0 Å². The summed E-state index contributed by atoms with van der Waals surface area (Å²) < 4.78 is 0. The first-order valence-electron chi connectivity index (χ1n) is 6.82. The van der Waals surface area contributed by atoms with Crippen molar-refractivity contribution in [2.45, 2.75) is 51.1 Å². The maximum Gasteiger partial charge on any atom is 0.157 e. The zero-order valence-electron chi connectivity index (χ0n) is 10.9. The van der Waals surface area contributed by atoms with Crippen molar-refractivity contribution in [3.63, 3.8) is 0 Å². The normalized spacial score (nSPS) is 23.9. The molecule has 0 amide bonds. The molecule has 1 aromatic heterocycles. The van der Waals surface area contributed by atoms with Crippen molar-refractivity contribution in [3.05, 3.63) is 21.9 Å². The van der Waals surface area contributed by atoms with Crippen molar-refractivity contribution in [2.75, 3.05) is 5.75 Å². The highest BCUT2D eigenvalue weighted by Crippen LogP contribution is 2.37. The highest BCUT2D eigenvalue weighted by atomic mass is 32.2. The van der Waals surface area contributed by atoms with Gasteiger partial charge in [0.15, 0.2) is 5.17 Å². The first kappa shape index (κ1) is 12.5. The molecule has 2 heterocycles. The number of rotatable bonds is 3. The van der Waals surface area contributed by atoms with Crippen LogP contribution in [0.15, 0.2) is 16.4 Å². The van der Waals surface area contributed by atoms with Gasteiger partial charge in [-0.05, 0) is 36.3 Å². The van der Waals surface area contributed by atoms with E-state index in [9.17, 15) is 0 Å². The summed E-state index contributed by atoms with van der Waals surface area (Å²) in [5.74, 6) is 1.22. The van der Waals surface area contributed by atoms with Gasteiger partial charge in [0.25, 0.3) is 0 Å². The van der Waals surface area contributed by atoms with E-state index in [4.69, 9.17) is 4.99 Å². The molecule has 98 valence electrons. The summed E-state index contributed by atoms with van der Waals surface area (Å²) >= 11 is 3.75. The molecule has 1 aromatic rings. The van der Waals surface area contributed by atoms with E-state index < -0.39 is 0 Å². The molecule has 1 N–H and O–H groups in total. The van der Waals surface area contributed by atoms with Crippen LogP contribution in [-0.2, 0) is 13.0 Å². The number of nitrogens with one attached hydrogen (secondary N) is 1. The van der Waals surface area contributed by atoms with Gasteiger partial charge in [-0.15, -0.1) is 11.3 Å². The van der Waals surface area contributed by atoms with E-state index in [1.54, 1.807) is 0 Å². The minimum Gasteiger partial charge on any atom is -0.359 e. The molecule has 1 aliphatic carbocycles. The second kappa shape index (κ2) is 5.25. The standard InChI is InChI=1S/C14H20N2S2/c1-2-11-5-8-17-12(11)9-15-13-16-14(10-18-13)6-3-4-7-14/h5,8H,2-4,6-7,9-10H2,1H3,(H,15,16). The molecular formula is C14H20N2S2. The number of nitrogens with zero attached hydrogens (tertiary/aromatic N) is 1. The van der Waals surface area contributed by atoms with Crippen LogP contribution in [0.2, 0.25) is 0 Å². The third-order valence-electron chi connectivity index (χ3n) is 4.00. The molecule has 0 atom stereocenters. The Hall–Kier alpha value is -0.480. The minimum atomic E-state index is 0.395. The van der Waals surface area contributed by atoms with Crippen molar-refractivity contribution in [2.24, 2.45) is 4.99 Å². The molecule has 1 saturated heterocycles. The summed E-state index contributed by atoms with van der Waals surface area (Å²) in [6.45, 7) is 3.07. The fourth-order valence-corrected chi connectivity index (χ4v) is 4.99. The molecule has 18 heavy (non-hydrogen) atoms. The van der Waals surface area contributed by atoms with Crippen LogP contribution >= 0.6 is 23.1 Å². The van der Waals surface area contributed by atoms with E-state index in [-0.39, 0.29) is 0 Å². The zero-order valence-corrected chi connectivity index (χ0v) is 12.5. The molecule has 1 spiro atoms. The lowest BCUT2D eigenvalue weighted by Gasteiger charge is -2.21. The van der Waals surface area contributed by atoms with Gasteiger partial charge in [-0.3, -0.25) is 4.99 Å². The van der Waals surface area contributed by atoms with Crippen molar-refractivity contribution in [1.29, 1.82) is 0 Å². The first-order chi connectivity index (χ1) is 8.81. The Bertz CT molecular complexity index is 444. The molecular weight excluding hydrogens is 260 g/mol. The quantitative estimate of drug-likeness (QED) is 0.910. The van der Waals surface area contributed by atoms with Crippen LogP contribution < -0.4 is 5.32 Å². The Morgan fingerprint density at radius 1 is 1.39 bits per heavy atom. The SMILES string of the molecule is CCc1ccsc1CN=C1NC2(CCCC2)CS1. The lowest BCUT2D eigenvalue weighted by atomic mass is 10.0. The van der Waals surface area contributed by atoms with Crippen LogP contribution in [0.1, 0.15) is 43.0 Å². The highest BCUT2D eigenvalue weighted by molar-refractivity contribution is 8.14. The van der Waals surface area contributed by atoms with Crippen molar-refractivity contribution >= 4 is 28.3 Å². The summed E-state index contributed by atoms with van der Waals surface area (Å²) in [7, 11) is 0. The lowest BCUT2D eigenvalue weighted by molar-refractivity contribution is 0.452. The molecule has 0 radical (unpaired) electrons. The number of hydrogen-bond acceptors (Lipinski definition) is 3. The highest BCUT2D eigenvalue weighted by Gasteiger charge is 2.39. The number of aryl methyl sites for hydroxylation is 1. The molecule has 1 saturated carbocycles. The van der Waals surface area contributed by atoms with Crippen molar-refractivity contribution in [1.82, 2.24) is 5.32 Å². The van der Waals surface area contributed by atoms with Crippen molar-refractivity contribution < 1.29 is 0 Å². The van der Waals surface area contributed by atoms with Gasteiger partial charge >= 0.3 is 0 Å². The Kier molecular flexibility index (Phi) is 3.66. The molecule has 2 aliphatic rings. The summed E-state index contributed by atoms with van der Waals surface area (Å²) in [6.07, 6.45) is 6.54. The third kappa shape index (κ3) is 2.45. The molecule has 0 bridgehead atoms. The molecule has 4 heteroatoms. The Morgan fingerprint density at radius 2 is 2.22 bits per heavy atom. The van der Waals surface area contributed by atoms with Gasteiger partial charge in [-0.1, -0.05) is 31.5 Å². The van der Waals surface area contributed by atoms with Crippen LogP contribution in [0.4, 0.5) is 0 Å². The first-order valence-corrected chi connectivity index (χ1v) is 8.68. The van der Waals surface area contributed by atoms with Gasteiger partial charge in [0, 0.05) is 16.2 Å². The van der Waals surface area contributed by atoms with Crippen LogP contribution in [0, 0.1) is 0 Å². The number of hydrogen-bond donors (Lipinski definition) is 1. The molecule has 0 aromatic carbocycles. The Labute approximate surface area is 117 Å². The van der Waals surface area contributed by atoms with Crippen LogP contribution in [0.25, 0.3) is 0 Å². The average molecular weight is 280 g/mol. The zero-order chi connectivity index (χ0) is 12.4. The van der Waals surface area contributed by atoms with Gasteiger partial charge in [0.05, 0.1) is 6.54 Å². The van der Waals surface area contributed by atoms with E-state index in [1.165, 1.54) is 47.0 Å². The van der Waals surface area contributed by atoms with E-state index in [1.807, 2.05) is 23.1 Å². The predicted molar refractivity (Wildman–Crippen MR) is 81.6 cm³/mol. The summed E-state index contributed by atoms with van der Waals surface area (Å²) in [5.41, 5.74) is 1.86. The van der Waals surface area contributed by atoms with Crippen LogP contribution in [-0.4, -0.2) is 16.5 Å². The van der Waals surface area contributed by atoms with Gasteiger partial charge in [-0.2, -0.15) is 0 Å². The molecule has 2 nitrogen and oxygen atoms in total. The summed E-state index contributed by atoms with van der Waals surface area (Å²) in [6, 6.07) is 2.23. The van der Waals surface area contributed by atoms with Crippen LogP contribution in [0.3, 0.4) is 0 Å². The topological polar surface area (TPSA) is 24.4 Å². The third-order valence-corrected chi connectivity index (χ3v) is 6.15. The van der Waals surface area contributed by atoms with E-state index in [2.05, 4.69) is 23.7 Å². The average Bonchev–Trinajstić information content (AvgIpc) is 3.10. The van der Waals surface area contributed by atoms with Gasteiger partial charge < -0.3 is 5.32 Å². The largest absolute Gasteiger partial charge is 0.359 e. The number of thiophene rings is 1. The minimum absolute atomic E-state index is 0.395. The molecule has 2 fully saturated rings. The maximum absolute atomic E-state index is 4.77. The second-order valence-corrected chi connectivity index (χ2v) is 7.21.